The van der Waals surface area contributed by atoms with E-state index in [9.17, 15) is 0 Å². The molecule has 1 unspecified atom stereocenters. The standard InChI is InChI=1S/C17H14N.2ClH.Ti/c1-2-7-13(8-3-1)18-16-11-5-4-9-14(16)15-10-6-12-17(15)18;;;/h1-9,11H,10,12H2;2*1H;/q;;;+2/p-2. The van der Waals surface area contributed by atoms with E-state index in [1.54, 1.807) is 5.56 Å². The van der Waals surface area contributed by atoms with E-state index in [1.807, 2.05) is 0 Å². The first-order chi connectivity index (χ1) is 9.34. The molecule has 0 saturated heterocycles. The van der Waals surface area contributed by atoms with Gasteiger partial charge in [-0.15, -0.1) is 0 Å². The zero-order valence-electron chi connectivity index (χ0n) is 11.4. The third kappa shape index (κ3) is 2.69. The van der Waals surface area contributed by atoms with E-state index in [1.165, 1.54) is 35.1 Å². The topological polar surface area (TPSA) is 4.93 Å². The second-order valence-corrected chi connectivity index (χ2v) is 6.49. The molecule has 4 heteroatoms. The molecule has 0 saturated carbocycles. The molecule has 3 aromatic rings. The predicted molar refractivity (Wildman–Crippen MR) is 74.4 cm³/mol. The molecule has 0 N–H and O–H groups in total. The fourth-order valence-corrected chi connectivity index (χ4v) is 3.85. The number of halogens is 2. The number of fused-ring (bicyclic) bond motifs is 3. The Kier molecular flexibility index (Phi) is 5.22. The van der Waals surface area contributed by atoms with Gasteiger partial charge in [0.05, 0.1) is 0 Å². The van der Waals surface area contributed by atoms with Gasteiger partial charge in [0.2, 0.25) is 0 Å². The zero-order chi connectivity index (χ0) is 12.8. The van der Waals surface area contributed by atoms with Gasteiger partial charge in [-0.1, -0.05) is 0 Å². The monoisotopic (exact) mass is 350 g/mol. The molecule has 1 aromatic heterocycles. The molecular formula is C17H14Cl2NTi. The fraction of sp³-hybridized carbons (Fsp3) is 0.176. The van der Waals surface area contributed by atoms with Crippen LogP contribution in [0.3, 0.4) is 0 Å². The Morgan fingerprint density at radius 2 is 1.52 bits per heavy atom. The maximum absolute atomic E-state index is 2.45. The Morgan fingerprint density at radius 1 is 0.857 bits per heavy atom. The molecule has 1 nitrogen and oxygen atoms in total. The Hall–Kier alpha value is -0.726. The van der Waals surface area contributed by atoms with E-state index in [0.717, 1.165) is 4.22 Å². The van der Waals surface area contributed by atoms with Crippen LogP contribution in [0.4, 0.5) is 0 Å². The Morgan fingerprint density at radius 3 is 2.29 bits per heavy atom. The van der Waals surface area contributed by atoms with Crippen molar-refractivity contribution in [3.8, 4) is 5.69 Å². The molecule has 105 valence electrons. The first-order valence-electron chi connectivity index (χ1n) is 6.72. The third-order valence-corrected chi connectivity index (χ3v) is 4.63. The van der Waals surface area contributed by atoms with Gasteiger partial charge in [0, 0.05) is 0 Å². The first-order valence-corrected chi connectivity index (χ1v) is 7.62. The van der Waals surface area contributed by atoms with Gasteiger partial charge in [0.25, 0.3) is 0 Å². The van der Waals surface area contributed by atoms with Gasteiger partial charge in [-0.3, -0.25) is 0 Å². The average Bonchev–Trinajstić information content (AvgIpc) is 2.95. The Labute approximate surface area is 149 Å². The molecule has 1 heterocycles. The number of benzene rings is 2. The fourth-order valence-electron chi connectivity index (χ4n) is 3.23. The van der Waals surface area contributed by atoms with Crippen molar-refractivity contribution in [1.29, 1.82) is 0 Å². The molecular weight excluding hydrogens is 337 g/mol. The number of nitrogens with zero attached hydrogens (tertiary/aromatic N) is 1. The summed E-state index contributed by atoms with van der Waals surface area (Å²) in [5.74, 6) is 0. The Bertz CT molecular complexity index is 752. The molecule has 0 radical (unpaired) electrons. The van der Waals surface area contributed by atoms with Crippen LogP contribution in [0.2, 0.25) is 4.22 Å². The molecule has 0 spiro atoms. The van der Waals surface area contributed by atoms with Crippen LogP contribution in [-0.4, -0.2) is 4.57 Å². The van der Waals surface area contributed by atoms with Crippen LogP contribution in [0.25, 0.3) is 16.6 Å². The van der Waals surface area contributed by atoms with Crippen LogP contribution in [-0.2, 0) is 33.3 Å². The van der Waals surface area contributed by atoms with Gasteiger partial charge in [0.1, 0.15) is 0 Å². The van der Waals surface area contributed by atoms with Crippen LogP contribution < -0.4 is 24.8 Å². The second kappa shape index (κ2) is 6.58. The molecule has 1 aliphatic rings. The number of rotatable bonds is 1. The second-order valence-electron chi connectivity index (χ2n) is 5.22. The number of para-hydroxylation sites is 2. The molecule has 0 amide bonds. The third-order valence-electron chi connectivity index (χ3n) is 3.99. The molecule has 0 bridgehead atoms. The van der Waals surface area contributed by atoms with Crippen LogP contribution in [0.5, 0.6) is 0 Å². The summed E-state index contributed by atoms with van der Waals surface area (Å²) < 4.78 is 3.22. The van der Waals surface area contributed by atoms with E-state index in [0.29, 0.717) is 0 Å². The summed E-state index contributed by atoms with van der Waals surface area (Å²) in [7, 11) is 0. The van der Waals surface area contributed by atoms with Crippen molar-refractivity contribution in [2.75, 3.05) is 0 Å². The summed E-state index contributed by atoms with van der Waals surface area (Å²) >= 11 is 2.35. The minimum atomic E-state index is 0. The molecule has 0 fully saturated rings. The number of aromatic nitrogens is 1. The number of hydrogen-bond donors (Lipinski definition) is 0. The summed E-state index contributed by atoms with van der Waals surface area (Å²) in [6.07, 6.45) is 2.41. The molecule has 2 aromatic carbocycles. The van der Waals surface area contributed by atoms with Crippen molar-refractivity contribution in [2.45, 2.75) is 17.1 Å². The van der Waals surface area contributed by atoms with Crippen molar-refractivity contribution in [3.05, 3.63) is 65.9 Å². The van der Waals surface area contributed by atoms with Gasteiger partial charge in [0.15, 0.2) is 0 Å². The van der Waals surface area contributed by atoms with Gasteiger partial charge in [-0.25, -0.2) is 0 Å². The van der Waals surface area contributed by atoms with E-state index >= 15 is 0 Å². The van der Waals surface area contributed by atoms with Crippen molar-refractivity contribution in [2.24, 2.45) is 0 Å². The average molecular weight is 351 g/mol. The van der Waals surface area contributed by atoms with Crippen molar-refractivity contribution in [3.63, 3.8) is 0 Å². The minimum absolute atomic E-state index is 0. The molecule has 1 atom stereocenters. The molecule has 0 aliphatic heterocycles. The summed E-state index contributed by atoms with van der Waals surface area (Å²) in [5, 5.41) is 1.44. The van der Waals surface area contributed by atoms with Crippen LogP contribution in [0.1, 0.15) is 11.3 Å². The van der Waals surface area contributed by atoms with E-state index in [2.05, 4.69) is 79.6 Å². The van der Waals surface area contributed by atoms with Crippen molar-refractivity contribution in [1.82, 2.24) is 4.57 Å². The summed E-state index contributed by atoms with van der Waals surface area (Å²) in [6.45, 7) is 0. The van der Waals surface area contributed by atoms with Crippen LogP contribution >= 0.6 is 0 Å². The summed E-state index contributed by atoms with van der Waals surface area (Å²) in [4.78, 5) is 0. The number of hydrogen-bond acceptors (Lipinski definition) is 0. The van der Waals surface area contributed by atoms with Crippen LogP contribution in [0, 0.1) is 0 Å². The van der Waals surface area contributed by atoms with E-state index in [4.69, 9.17) is 0 Å². The molecule has 21 heavy (non-hydrogen) atoms. The van der Waals surface area contributed by atoms with E-state index < -0.39 is 0 Å². The van der Waals surface area contributed by atoms with Gasteiger partial charge in [-0.05, 0) is 0 Å². The molecule has 1 aliphatic carbocycles. The van der Waals surface area contributed by atoms with Gasteiger partial charge in [-0.2, -0.15) is 0 Å². The quantitative estimate of drug-likeness (QED) is 0.451. The molecule has 4 rings (SSSR count). The summed E-state index contributed by atoms with van der Waals surface area (Å²) in [6, 6.07) is 19.5. The van der Waals surface area contributed by atoms with Gasteiger partial charge < -0.3 is 24.8 Å². The van der Waals surface area contributed by atoms with E-state index in [-0.39, 0.29) is 24.8 Å². The maximum atomic E-state index is 2.45. The van der Waals surface area contributed by atoms with Crippen molar-refractivity contribution >= 4 is 10.9 Å². The summed E-state index contributed by atoms with van der Waals surface area (Å²) in [5.41, 5.74) is 5.71. The zero-order valence-corrected chi connectivity index (χ0v) is 14.5. The van der Waals surface area contributed by atoms with Gasteiger partial charge >= 0.3 is 125 Å². The van der Waals surface area contributed by atoms with Crippen LogP contribution in [0.15, 0.2) is 54.6 Å². The normalized spacial score (nSPS) is 16.2. The van der Waals surface area contributed by atoms with Crippen molar-refractivity contribution < 1.29 is 45.2 Å². The Balaban J connectivity index is 0.000000807. The SMILES string of the molecule is [Cl-].[Cl-].[Ti+2][CH]1Cc2c(n(-c3ccccc3)c3ccccc23)C1. The first kappa shape index (κ1) is 16.6. The predicted octanol–water partition coefficient (Wildman–Crippen LogP) is -1.93.